The molecular formula is C18H22FN3O. The fourth-order valence-electron chi connectivity index (χ4n) is 3.17. The Balaban J connectivity index is 1.66. The molecule has 122 valence electrons. The van der Waals surface area contributed by atoms with E-state index >= 15 is 0 Å². The van der Waals surface area contributed by atoms with Crippen LogP contribution in [0, 0.1) is 5.82 Å². The Morgan fingerprint density at radius 1 is 1.04 bits per heavy atom. The molecule has 1 aliphatic rings. The predicted octanol–water partition coefficient (Wildman–Crippen LogP) is 2.35. The average molecular weight is 315 g/mol. The first-order valence-electron chi connectivity index (χ1n) is 7.91. The van der Waals surface area contributed by atoms with Crippen molar-refractivity contribution in [2.45, 2.75) is 6.04 Å². The molecule has 1 saturated heterocycles. The number of phenolic OH excluding ortho intramolecular Hbond substituents is 1. The minimum absolute atomic E-state index is 0.109. The van der Waals surface area contributed by atoms with Crippen molar-refractivity contribution >= 4 is 5.69 Å². The van der Waals surface area contributed by atoms with E-state index in [1.54, 1.807) is 12.1 Å². The second kappa shape index (κ2) is 6.98. The highest BCUT2D eigenvalue weighted by Gasteiger charge is 2.24. The van der Waals surface area contributed by atoms with Gasteiger partial charge in [0.1, 0.15) is 11.6 Å². The SMILES string of the molecule is NCC(c1cccc(O)c1)N1CCN(c2ccc(F)cc2)CC1. The molecule has 1 fully saturated rings. The molecule has 2 aromatic carbocycles. The Kier molecular flexibility index (Phi) is 4.79. The lowest BCUT2D eigenvalue weighted by Gasteiger charge is -2.40. The lowest BCUT2D eigenvalue weighted by Crippen LogP contribution is -2.49. The molecule has 2 aromatic rings. The Morgan fingerprint density at radius 3 is 2.35 bits per heavy atom. The first-order chi connectivity index (χ1) is 11.2. The van der Waals surface area contributed by atoms with Crippen LogP contribution in [0.4, 0.5) is 10.1 Å². The largest absolute Gasteiger partial charge is 0.508 e. The van der Waals surface area contributed by atoms with E-state index in [0.29, 0.717) is 6.54 Å². The molecule has 5 heteroatoms. The van der Waals surface area contributed by atoms with E-state index in [1.807, 2.05) is 24.3 Å². The molecule has 0 aromatic heterocycles. The number of nitrogens with two attached hydrogens (primary N) is 1. The highest BCUT2D eigenvalue weighted by Crippen LogP contribution is 2.25. The summed E-state index contributed by atoms with van der Waals surface area (Å²) in [7, 11) is 0. The summed E-state index contributed by atoms with van der Waals surface area (Å²) >= 11 is 0. The van der Waals surface area contributed by atoms with E-state index in [4.69, 9.17) is 5.73 Å². The summed E-state index contributed by atoms with van der Waals surface area (Å²) < 4.78 is 13.0. The zero-order valence-electron chi connectivity index (χ0n) is 13.0. The number of halogens is 1. The molecule has 1 atom stereocenters. The third kappa shape index (κ3) is 3.63. The maximum Gasteiger partial charge on any atom is 0.123 e. The van der Waals surface area contributed by atoms with Crippen LogP contribution in [-0.4, -0.2) is 42.7 Å². The zero-order valence-corrected chi connectivity index (χ0v) is 13.0. The Labute approximate surface area is 135 Å². The Bertz CT molecular complexity index is 639. The summed E-state index contributed by atoms with van der Waals surface area (Å²) in [5.74, 6) is 0.0605. The lowest BCUT2D eigenvalue weighted by molar-refractivity contribution is 0.190. The smallest absolute Gasteiger partial charge is 0.123 e. The van der Waals surface area contributed by atoms with Gasteiger partial charge in [0, 0.05) is 44.5 Å². The van der Waals surface area contributed by atoms with Crippen molar-refractivity contribution in [3.8, 4) is 5.75 Å². The molecule has 1 heterocycles. The standard InChI is InChI=1S/C18H22FN3O/c19-15-4-6-16(7-5-15)21-8-10-22(11-9-21)18(13-20)14-2-1-3-17(23)12-14/h1-7,12,18,23H,8-11,13,20H2. The van der Waals surface area contributed by atoms with Crippen LogP contribution < -0.4 is 10.6 Å². The van der Waals surface area contributed by atoms with Crippen LogP contribution in [0.15, 0.2) is 48.5 Å². The van der Waals surface area contributed by atoms with Crippen LogP contribution in [0.1, 0.15) is 11.6 Å². The molecule has 4 nitrogen and oxygen atoms in total. The number of aromatic hydroxyl groups is 1. The van der Waals surface area contributed by atoms with Crippen molar-refractivity contribution in [3.63, 3.8) is 0 Å². The van der Waals surface area contributed by atoms with Crippen molar-refractivity contribution in [2.24, 2.45) is 5.73 Å². The fraction of sp³-hybridized carbons (Fsp3) is 0.333. The van der Waals surface area contributed by atoms with Crippen molar-refractivity contribution in [3.05, 3.63) is 59.9 Å². The van der Waals surface area contributed by atoms with E-state index < -0.39 is 0 Å². The van der Waals surface area contributed by atoms with Gasteiger partial charge in [-0.2, -0.15) is 0 Å². The first-order valence-corrected chi connectivity index (χ1v) is 7.91. The Hall–Kier alpha value is -2.11. The summed E-state index contributed by atoms with van der Waals surface area (Å²) in [6, 6.07) is 14.0. The molecule has 0 saturated carbocycles. The molecule has 1 unspecified atom stereocenters. The third-order valence-corrected chi connectivity index (χ3v) is 4.43. The minimum atomic E-state index is -0.209. The number of hydrogen-bond donors (Lipinski definition) is 2. The molecule has 3 N–H and O–H groups in total. The monoisotopic (exact) mass is 315 g/mol. The summed E-state index contributed by atoms with van der Waals surface area (Å²) in [4.78, 5) is 4.60. The van der Waals surface area contributed by atoms with E-state index in [9.17, 15) is 9.50 Å². The molecular weight excluding hydrogens is 293 g/mol. The van der Waals surface area contributed by atoms with Crippen LogP contribution in [0.5, 0.6) is 5.75 Å². The van der Waals surface area contributed by atoms with Gasteiger partial charge in [0.2, 0.25) is 0 Å². The molecule has 0 aliphatic carbocycles. The van der Waals surface area contributed by atoms with Crippen LogP contribution in [-0.2, 0) is 0 Å². The lowest BCUT2D eigenvalue weighted by atomic mass is 10.0. The highest BCUT2D eigenvalue weighted by molar-refractivity contribution is 5.46. The number of piperazine rings is 1. The molecule has 1 aliphatic heterocycles. The van der Waals surface area contributed by atoms with Gasteiger partial charge in [-0.3, -0.25) is 4.90 Å². The van der Waals surface area contributed by atoms with Gasteiger partial charge in [0.05, 0.1) is 0 Å². The number of nitrogens with zero attached hydrogens (tertiary/aromatic N) is 2. The van der Waals surface area contributed by atoms with Gasteiger partial charge in [0.25, 0.3) is 0 Å². The number of benzene rings is 2. The van der Waals surface area contributed by atoms with Gasteiger partial charge in [-0.1, -0.05) is 12.1 Å². The molecule has 0 radical (unpaired) electrons. The van der Waals surface area contributed by atoms with E-state index in [0.717, 1.165) is 37.4 Å². The van der Waals surface area contributed by atoms with Gasteiger partial charge in [-0.15, -0.1) is 0 Å². The second-order valence-electron chi connectivity index (χ2n) is 5.85. The average Bonchev–Trinajstić information content (AvgIpc) is 2.57. The van der Waals surface area contributed by atoms with Gasteiger partial charge >= 0.3 is 0 Å². The molecule has 0 amide bonds. The van der Waals surface area contributed by atoms with E-state index in [2.05, 4.69) is 9.80 Å². The fourth-order valence-corrected chi connectivity index (χ4v) is 3.17. The number of phenols is 1. The maximum absolute atomic E-state index is 13.0. The summed E-state index contributed by atoms with van der Waals surface area (Å²) in [5, 5.41) is 9.67. The minimum Gasteiger partial charge on any atom is -0.508 e. The summed E-state index contributed by atoms with van der Waals surface area (Å²) in [5.41, 5.74) is 8.06. The van der Waals surface area contributed by atoms with Gasteiger partial charge in [-0.05, 0) is 42.0 Å². The van der Waals surface area contributed by atoms with Gasteiger partial charge in [0.15, 0.2) is 0 Å². The van der Waals surface area contributed by atoms with Crippen molar-refractivity contribution in [1.82, 2.24) is 4.90 Å². The molecule has 0 bridgehead atoms. The quantitative estimate of drug-likeness (QED) is 0.909. The van der Waals surface area contributed by atoms with Gasteiger partial charge < -0.3 is 15.7 Å². The zero-order chi connectivity index (χ0) is 16.2. The second-order valence-corrected chi connectivity index (χ2v) is 5.85. The third-order valence-electron chi connectivity index (χ3n) is 4.43. The molecule has 23 heavy (non-hydrogen) atoms. The molecule has 3 rings (SSSR count). The maximum atomic E-state index is 13.0. The van der Waals surface area contributed by atoms with Crippen LogP contribution in [0.25, 0.3) is 0 Å². The Morgan fingerprint density at radius 2 is 1.74 bits per heavy atom. The normalized spacial score (nSPS) is 17.2. The number of hydrogen-bond acceptors (Lipinski definition) is 4. The predicted molar refractivity (Wildman–Crippen MR) is 90.1 cm³/mol. The first kappa shape index (κ1) is 15.8. The van der Waals surface area contributed by atoms with Crippen molar-refractivity contribution in [2.75, 3.05) is 37.6 Å². The topological polar surface area (TPSA) is 52.7 Å². The van der Waals surface area contributed by atoms with Gasteiger partial charge in [-0.25, -0.2) is 4.39 Å². The van der Waals surface area contributed by atoms with Crippen molar-refractivity contribution < 1.29 is 9.50 Å². The van der Waals surface area contributed by atoms with Crippen LogP contribution in [0.2, 0.25) is 0 Å². The van der Waals surface area contributed by atoms with Crippen LogP contribution >= 0.6 is 0 Å². The number of anilines is 1. The van der Waals surface area contributed by atoms with Crippen molar-refractivity contribution in [1.29, 1.82) is 0 Å². The molecule has 0 spiro atoms. The van der Waals surface area contributed by atoms with Crippen LogP contribution in [0.3, 0.4) is 0 Å². The van der Waals surface area contributed by atoms with E-state index in [-0.39, 0.29) is 17.6 Å². The van der Waals surface area contributed by atoms with E-state index in [1.165, 1.54) is 12.1 Å². The highest BCUT2D eigenvalue weighted by atomic mass is 19.1. The summed E-state index contributed by atoms with van der Waals surface area (Å²) in [6.45, 7) is 4.03. The summed E-state index contributed by atoms with van der Waals surface area (Å²) in [6.07, 6.45) is 0. The number of rotatable bonds is 4.